The molecule has 0 saturated carbocycles. The fourth-order valence-corrected chi connectivity index (χ4v) is 2.14. The van der Waals surface area contributed by atoms with Crippen LogP contribution < -0.4 is 11.1 Å². The van der Waals surface area contributed by atoms with Gasteiger partial charge in [-0.3, -0.25) is 9.59 Å². The molecule has 0 heterocycles. The van der Waals surface area contributed by atoms with Crippen molar-refractivity contribution in [1.82, 2.24) is 15.1 Å². The van der Waals surface area contributed by atoms with E-state index in [0.717, 1.165) is 26.0 Å². The maximum Gasteiger partial charge on any atom is 0.283 e. The molecule has 11 heteroatoms. The quantitative estimate of drug-likeness (QED) is 0.276. The van der Waals surface area contributed by atoms with E-state index in [2.05, 4.69) is 10.2 Å². The van der Waals surface area contributed by atoms with Crippen LogP contribution in [0.2, 0.25) is 0 Å². The molecule has 0 aliphatic carbocycles. The van der Waals surface area contributed by atoms with Crippen LogP contribution in [0.25, 0.3) is 0 Å². The van der Waals surface area contributed by atoms with Crippen LogP contribution in [0.4, 0.5) is 8.78 Å². The topological polar surface area (TPSA) is 119 Å². The number of hydrogen-bond donors (Lipinski definition) is 4. The summed E-state index contributed by atoms with van der Waals surface area (Å²) in [5, 5.41) is 19.9. The first-order valence-electron chi connectivity index (χ1n) is 8.92. The molecule has 1 aromatic carbocycles. The minimum atomic E-state index is -2.98. The Morgan fingerprint density at radius 3 is 2.31 bits per heavy atom. The van der Waals surface area contributed by atoms with Crippen molar-refractivity contribution in [3.05, 3.63) is 35.4 Å². The molecule has 0 spiro atoms. The first-order chi connectivity index (χ1) is 13.5. The zero-order valence-corrected chi connectivity index (χ0v) is 17.9. The smallest absolute Gasteiger partial charge is 0.283 e. The monoisotopic (exact) mass is 436 g/mol. The predicted octanol–water partition coefficient (Wildman–Crippen LogP) is -0.454. The highest BCUT2D eigenvalue weighted by Crippen LogP contribution is 2.34. The number of alkyl halides is 2. The average molecular weight is 436 g/mol. The maximum atomic E-state index is 12.9. The zero-order valence-electron chi connectivity index (χ0n) is 16.7. The molecule has 2 unspecified atom stereocenters. The van der Waals surface area contributed by atoms with Crippen LogP contribution in [0.15, 0.2) is 24.3 Å². The summed E-state index contributed by atoms with van der Waals surface area (Å²) in [4.78, 5) is 25.0. The van der Waals surface area contributed by atoms with Crippen molar-refractivity contribution in [2.24, 2.45) is 5.73 Å². The fourth-order valence-electron chi connectivity index (χ4n) is 1.95. The molecule has 0 saturated heterocycles. The largest absolute Gasteiger partial charge is 0.393 e. The van der Waals surface area contributed by atoms with E-state index >= 15 is 0 Å². The summed E-state index contributed by atoms with van der Waals surface area (Å²) in [5.41, 5.74) is 2.84. The minimum Gasteiger partial charge on any atom is -0.393 e. The van der Waals surface area contributed by atoms with E-state index in [1.807, 2.05) is 7.05 Å². The van der Waals surface area contributed by atoms with Crippen LogP contribution in [-0.4, -0.2) is 85.3 Å². The third kappa shape index (κ3) is 12.5. The van der Waals surface area contributed by atoms with Crippen LogP contribution in [0.3, 0.4) is 0 Å². The molecule has 1 rings (SSSR count). The molecule has 166 valence electrons. The number of amides is 2. The van der Waals surface area contributed by atoms with E-state index in [9.17, 15) is 18.4 Å². The lowest BCUT2D eigenvalue weighted by Gasteiger charge is -2.18. The summed E-state index contributed by atoms with van der Waals surface area (Å²) in [7, 11) is 5.20. The number of halogens is 2. The van der Waals surface area contributed by atoms with Gasteiger partial charge in [0.05, 0.1) is 6.61 Å². The molecule has 0 radical (unpaired) electrons. The fraction of sp³-hybridized carbons (Fsp3) is 0.556. The molecule has 0 aliphatic heterocycles. The number of carbonyl (C=O) groups is 2. The van der Waals surface area contributed by atoms with Crippen LogP contribution >= 0.6 is 9.24 Å². The third-order valence-corrected chi connectivity index (χ3v) is 4.14. The summed E-state index contributed by atoms with van der Waals surface area (Å²) in [6.07, 6.45) is -0.642. The highest BCUT2D eigenvalue weighted by atomic mass is 31.0. The van der Waals surface area contributed by atoms with Gasteiger partial charge >= 0.3 is 0 Å². The Kier molecular flexibility index (Phi) is 13.5. The first-order valence-corrected chi connectivity index (χ1v) is 9.49. The molecule has 0 bridgehead atoms. The van der Waals surface area contributed by atoms with Crippen molar-refractivity contribution in [1.29, 1.82) is 0 Å². The summed E-state index contributed by atoms with van der Waals surface area (Å²) < 4.78 is 25.8. The maximum absolute atomic E-state index is 12.9. The highest BCUT2D eigenvalue weighted by Gasteiger charge is 2.23. The summed E-state index contributed by atoms with van der Waals surface area (Å²) >= 11 is 0. The molecule has 2 atom stereocenters. The number of carbonyl (C=O) groups excluding carboxylic acids is 2. The van der Waals surface area contributed by atoms with Gasteiger partial charge in [0.1, 0.15) is 0 Å². The van der Waals surface area contributed by atoms with Crippen molar-refractivity contribution < 1.29 is 28.6 Å². The summed E-state index contributed by atoms with van der Waals surface area (Å²) in [6, 6.07) is 5.44. The Bertz CT molecular complexity index is 603. The third-order valence-electron chi connectivity index (χ3n) is 3.81. The molecule has 2 amide bonds. The number of aliphatic hydroxyl groups excluding tert-OH is 2. The average Bonchev–Trinajstić information content (AvgIpc) is 2.69. The summed E-state index contributed by atoms with van der Waals surface area (Å²) in [6.45, 7) is 2.63. The lowest BCUT2D eigenvalue weighted by atomic mass is 10.1. The van der Waals surface area contributed by atoms with Crippen LogP contribution in [0.5, 0.6) is 0 Å². The Morgan fingerprint density at radius 1 is 1.28 bits per heavy atom. The van der Waals surface area contributed by atoms with Crippen LogP contribution in [0.1, 0.15) is 11.1 Å². The Morgan fingerprint density at radius 2 is 1.86 bits per heavy atom. The second-order valence-electron chi connectivity index (χ2n) is 6.41. The van der Waals surface area contributed by atoms with Crippen molar-refractivity contribution >= 4 is 21.6 Å². The van der Waals surface area contributed by atoms with Crippen molar-refractivity contribution in [3.8, 4) is 0 Å². The van der Waals surface area contributed by atoms with Gasteiger partial charge in [-0.2, -0.15) is 8.78 Å². The van der Waals surface area contributed by atoms with Gasteiger partial charge in [-0.15, -0.1) is 0 Å². The molecule has 0 aliphatic rings. The van der Waals surface area contributed by atoms with E-state index in [0.29, 0.717) is 12.1 Å². The standard InChI is InChI=1S/C11H14F2NO3P.C7H17N3O/c12-11(13,18)8-3-1-7(2-4-8)5-14-10(17)9(16)6-15;1-9(4-3-8)5-6-10(2)7-11/h1-4,9,15-16H,5-6,18H2,(H,14,17);7H,3-6,8H2,1-2H3. The molecule has 5 N–H and O–H groups in total. The van der Waals surface area contributed by atoms with Crippen molar-refractivity contribution in [2.45, 2.75) is 18.3 Å². The normalized spacial score (nSPS) is 12.0. The van der Waals surface area contributed by atoms with Crippen LogP contribution in [-0.2, 0) is 21.8 Å². The Balaban J connectivity index is 0.000000614. The SMILES string of the molecule is CN(C=O)CCN(C)CCN.O=C(NCc1ccc(C(F)(F)P)cc1)C(O)CO. The van der Waals surface area contributed by atoms with E-state index in [1.54, 1.807) is 11.9 Å². The number of hydrogen-bond acceptors (Lipinski definition) is 6. The van der Waals surface area contributed by atoms with Crippen molar-refractivity contribution in [3.63, 3.8) is 0 Å². The molecule has 0 fully saturated rings. The lowest BCUT2D eigenvalue weighted by Crippen LogP contribution is -2.36. The number of nitrogens with one attached hydrogen (secondary N) is 1. The Hall–Kier alpha value is -1.71. The minimum absolute atomic E-state index is 0.0958. The second-order valence-corrected chi connectivity index (χ2v) is 7.14. The lowest BCUT2D eigenvalue weighted by molar-refractivity contribution is -0.131. The van der Waals surface area contributed by atoms with Gasteiger partial charge in [0.25, 0.3) is 11.6 Å². The number of rotatable bonds is 11. The first kappa shape index (κ1) is 27.3. The van der Waals surface area contributed by atoms with Crippen molar-refractivity contribution in [2.75, 3.05) is 46.9 Å². The Labute approximate surface area is 172 Å². The number of nitrogens with zero attached hydrogens (tertiary/aromatic N) is 2. The van der Waals surface area contributed by atoms with Gasteiger partial charge in [-0.1, -0.05) is 33.5 Å². The number of aliphatic hydroxyl groups is 2. The van der Waals surface area contributed by atoms with E-state index in [4.69, 9.17) is 15.9 Å². The molecular weight excluding hydrogens is 405 g/mol. The molecule has 1 aromatic rings. The molecule has 0 aromatic heterocycles. The van der Waals surface area contributed by atoms with E-state index < -0.39 is 24.3 Å². The van der Waals surface area contributed by atoms with Gasteiger partial charge in [-0.05, 0) is 12.6 Å². The summed E-state index contributed by atoms with van der Waals surface area (Å²) in [5.74, 6) is -0.710. The molecule has 29 heavy (non-hydrogen) atoms. The van der Waals surface area contributed by atoms with Gasteiger partial charge < -0.3 is 31.1 Å². The molecule has 8 nitrogen and oxygen atoms in total. The van der Waals surface area contributed by atoms with E-state index in [1.165, 1.54) is 33.5 Å². The van der Waals surface area contributed by atoms with Gasteiger partial charge in [0, 0.05) is 45.3 Å². The zero-order chi connectivity index (χ0) is 22.4. The van der Waals surface area contributed by atoms with Gasteiger partial charge in [0.2, 0.25) is 6.41 Å². The van der Waals surface area contributed by atoms with Crippen LogP contribution in [0, 0.1) is 0 Å². The number of likely N-dealkylation sites (N-methyl/N-ethyl adjacent to an activating group) is 2. The molecular formula is C18H31F2N4O4P. The van der Waals surface area contributed by atoms with E-state index in [-0.39, 0.29) is 12.1 Å². The number of nitrogens with two attached hydrogens (primary N) is 1. The highest BCUT2D eigenvalue weighted by molar-refractivity contribution is 7.17. The predicted molar refractivity (Wildman–Crippen MR) is 110 cm³/mol. The second kappa shape index (κ2) is 14.3. The van der Waals surface area contributed by atoms with Gasteiger partial charge in [0.15, 0.2) is 6.10 Å². The number of benzene rings is 1. The van der Waals surface area contributed by atoms with Gasteiger partial charge in [-0.25, -0.2) is 0 Å².